The van der Waals surface area contributed by atoms with Crippen LogP contribution in [0.4, 0.5) is 0 Å². The number of carbonyl (C=O) groups excluding carboxylic acids is 2. The Kier molecular flexibility index (Phi) is 5.94. The van der Waals surface area contributed by atoms with E-state index in [0.29, 0.717) is 27.1 Å². The van der Waals surface area contributed by atoms with Gasteiger partial charge in [-0.25, -0.2) is 4.79 Å². The summed E-state index contributed by atoms with van der Waals surface area (Å²) in [4.78, 5) is 33.3. The number of methoxy groups -OCH3 is 1. The summed E-state index contributed by atoms with van der Waals surface area (Å²) in [5.74, 6) is -0.624. The van der Waals surface area contributed by atoms with Crippen LogP contribution < -0.4 is 9.47 Å². The smallest absolute Gasteiger partial charge is 0.343 e. The Morgan fingerprint density at radius 2 is 1.91 bits per heavy atom. The highest BCUT2D eigenvalue weighted by Crippen LogP contribution is 2.33. The summed E-state index contributed by atoms with van der Waals surface area (Å²) >= 11 is 1.20. The Bertz CT molecular complexity index is 1430. The first-order valence-electron chi connectivity index (χ1n) is 10.4. The maximum atomic E-state index is 12.7. The third-order valence-electron chi connectivity index (χ3n) is 5.07. The highest BCUT2D eigenvalue weighted by Gasteiger charge is 2.36. The largest absolute Gasteiger partial charge is 0.493 e. The zero-order valence-electron chi connectivity index (χ0n) is 18.3. The third-order valence-corrected chi connectivity index (χ3v) is 6.03. The van der Waals surface area contributed by atoms with Crippen molar-refractivity contribution in [2.75, 3.05) is 7.11 Å². The standard InChI is InChI=1S/C25H17N5O4S/c1-33-20-13-15(9-10-19(20)34-24(32)16-6-3-2-4-7-16)12-18-21(26)30-25(28-22(18)31)35-23(29-30)17-8-5-11-27-14-17/h2-14,26H,1H3/b18-12-,26-21?. The van der Waals surface area contributed by atoms with Crippen LogP contribution in [-0.2, 0) is 4.79 Å². The number of aromatic nitrogens is 1. The van der Waals surface area contributed by atoms with Crippen molar-refractivity contribution in [3.63, 3.8) is 0 Å². The molecule has 2 aliphatic heterocycles. The average molecular weight is 484 g/mol. The molecule has 10 heteroatoms. The second kappa shape index (κ2) is 9.35. The van der Waals surface area contributed by atoms with E-state index in [-0.39, 0.29) is 17.2 Å². The first-order chi connectivity index (χ1) is 17.0. The summed E-state index contributed by atoms with van der Waals surface area (Å²) in [6.45, 7) is 0. The van der Waals surface area contributed by atoms with E-state index in [9.17, 15) is 9.59 Å². The summed E-state index contributed by atoms with van der Waals surface area (Å²) in [6, 6.07) is 17.1. The summed E-state index contributed by atoms with van der Waals surface area (Å²) in [7, 11) is 1.45. The summed E-state index contributed by atoms with van der Waals surface area (Å²) in [5.41, 5.74) is 1.81. The highest BCUT2D eigenvalue weighted by molar-refractivity contribution is 8.27. The van der Waals surface area contributed by atoms with E-state index in [4.69, 9.17) is 14.9 Å². The number of ether oxygens (including phenoxy) is 2. The Labute approximate surface area is 204 Å². The van der Waals surface area contributed by atoms with Crippen molar-refractivity contribution in [3.8, 4) is 11.5 Å². The molecule has 0 fully saturated rings. The number of amidine groups is 2. The van der Waals surface area contributed by atoms with Gasteiger partial charge in [-0.05, 0) is 59.8 Å². The predicted octanol–water partition coefficient (Wildman–Crippen LogP) is 3.98. The van der Waals surface area contributed by atoms with Crippen LogP contribution in [0.15, 0.2) is 88.7 Å². The van der Waals surface area contributed by atoms with Gasteiger partial charge >= 0.3 is 5.97 Å². The lowest BCUT2D eigenvalue weighted by Crippen LogP contribution is -2.35. The second-order valence-corrected chi connectivity index (χ2v) is 8.29. The van der Waals surface area contributed by atoms with Crippen molar-refractivity contribution in [3.05, 3.63) is 95.3 Å². The number of carbonyl (C=O) groups is 2. The van der Waals surface area contributed by atoms with E-state index >= 15 is 0 Å². The number of fused-ring (bicyclic) bond motifs is 1. The Hall–Kier alpha value is -4.57. The number of rotatable bonds is 5. The molecule has 5 rings (SSSR count). The predicted molar refractivity (Wildman–Crippen MR) is 133 cm³/mol. The molecule has 1 aromatic heterocycles. The molecule has 2 aliphatic rings. The zero-order valence-corrected chi connectivity index (χ0v) is 19.2. The fourth-order valence-electron chi connectivity index (χ4n) is 3.36. The minimum absolute atomic E-state index is 0.0709. The molecule has 35 heavy (non-hydrogen) atoms. The van der Waals surface area contributed by atoms with Crippen LogP contribution in [-0.4, -0.2) is 45.0 Å². The van der Waals surface area contributed by atoms with Gasteiger partial charge in [0, 0.05) is 18.0 Å². The quantitative estimate of drug-likeness (QED) is 0.331. The number of esters is 1. The van der Waals surface area contributed by atoms with Crippen molar-refractivity contribution in [2.45, 2.75) is 0 Å². The van der Waals surface area contributed by atoms with Crippen LogP contribution in [0.1, 0.15) is 21.5 Å². The van der Waals surface area contributed by atoms with E-state index in [1.165, 1.54) is 30.0 Å². The molecule has 3 aromatic rings. The number of hydrogen-bond acceptors (Lipinski definition) is 8. The van der Waals surface area contributed by atoms with Gasteiger partial charge in [-0.2, -0.15) is 15.1 Å². The second-order valence-electron chi connectivity index (χ2n) is 7.33. The Balaban J connectivity index is 1.40. The summed E-state index contributed by atoms with van der Waals surface area (Å²) in [5, 5.41) is 15.2. The van der Waals surface area contributed by atoms with E-state index in [2.05, 4.69) is 15.1 Å². The monoisotopic (exact) mass is 483 g/mol. The minimum Gasteiger partial charge on any atom is -0.493 e. The van der Waals surface area contributed by atoms with Crippen LogP contribution in [0.2, 0.25) is 0 Å². The lowest BCUT2D eigenvalue weighted by molar-refractivity contribution is -0.114. The number of nitrogens with zero attached hydrogens (tertiary/aromatic N) is 4. The summed E-state index contributed by atoms with van der Waals surface area (Å²) < 4.78 is 10.9. The van der Waals surface area contributed by atoms with Crippen LogP contribution >= 0.6 is 11.8 Å². The first-order valence-corrected chi connectivity index (χ1v) is 11.2. The zero-order chi connectivity index (χ0) is 24.4. The van der Waals surface area contributed by atoms with Gasteiger partial charge in [0.2, 0.25) is 5.17 Å². The Morgan fingerprint density at radius 1 is 1.09 bits per heavy atom. The molecule has 1 N–H and O–H groups in total. The number of nitrogens with one attached hydrogen (secondary N) is 1. The molecule has 9 nitrogen and oxygen atoms in total. The van der Waals surface area contributed by atoms with Gasteiger partial charge < -0.3 is 9.47 Å². The number of amides is 1. The molecule has 0 radical (unpaired) electrons. The maximum absolute atomic E-state index is 12.7. The van der Waals surface area contributed by atoms with Gasteiger partial charge in [0.15, 0.2) is 17.3 Å². The minimum atomic E-state index is -0.546. The number of aliphatic imine (C=N–C) groups is 1. The summed E-state index contributed by atoms with van der Waals surface area (Å²) in [6.07, 6.45) is 4.84. The number of hydrazone groups is 1. The fraction of sp³-hybridized carbons (Fsp3) is 0.0400. The molecular weight excluding hydrogens is 466 g/mol. The van der Waals surface area contributed by atoms with Crippen LogP contribution in [0, 0.1) is 5.41 Å². The van der Waals surface area contributed by atoms with Crippen LogP contribution in [0.5, 0.6) is 11.5 Å². The SMILES string of the molecule is COc1cc(/C=C2/C(=N)N3N=C(c4cccnc4)SC3=NC2=O)ccc1OC(=O)c1ccccc1. The van der Waals surface area contributed by atoms with Crippen molar-refractivity contribution in [1.29, 1.82) is 5.41 Å². The molecule has 1 amide bonds. The molecule has 0 bridgehead atoms. The van der Waals surface area contributed by atoms with Gasteiger partial charge in [0.25, 0.3) is 5.91 Å². The van der Waals surface area contributed by atoms with Crippen LogP contribution in [0.3, 0.4) is 0 Å². The number of benzene rings is 2. The van der Waals surface area contributed by atoms with Gasteiger partial charge in [-0.3, -0.25) is 15.2 Å². The van der Waals surface area contributed by atoms with Gasteiger partial charge in [0.1, 0.15) is 5.04 Å². The number of hydrogen-bond donors (Lipinski definition) is 1. The number of thioether (sulfide) groups is 1. The molecule has 0 spiro atoms. The molecule has 3 heterocycles. The molecule has 0 aliphatic carbocycles. The maximum Gasteiger partial charge on any atom is 0.343 e. The first kappa shape index (κ1) is 22.2. The van der Waals surface area contributed by atoms with E-state index in [1.54, 1.807) is 60.9 Å². The number of pyridine rings is 1. The van der Waals surface area contributed by atoms with E-state index in [0.717, 1.165) is 5.56 Å². The Morgan fingerprint density at radius 3 is 2.66 bits per heavy atom. The van der Waals surface area contributed by atoms with Gasteiger partial charge in [-0.1, -0.05) is 24.3 Å². The molecular formula is C25H17N5O4S. The normalized spacial score (nSPS) is 16.0. The molecule has 0 atom stereocenters. The molecule has 0 saturated carbocycles. The van der Waals surface area contributed by atoms with Gasteiger partial charge in [0.05, 0.1) is 18.2 Å². The molecule has 0 saturated heterocycles. The van der Waals surface area contributed by atoms with Crippen LogP contribution in [0.25, 0.3) is 6.08 Å². The van der Waals surface area contributed by atoms with E-state index < -0.39 is 11.9 Å². The molecule has 0 unspecified atom stereocenters. The van der Waals surface area contributed by atoms with Crippen molar-refractivity contribution in [1.82, 2.24) is 9.99 Å². The topological polar surface area (TPSA) is 117 Å². The fourth-order valence-corrected chi connectivity index (χ4v) is 4.24. The van der Waals surface area contributed by atoms with Crippen molar-refractivity contribution < 1.29 is 19.1 Å². The molecule has 2 aromatic carbocycles. The van der Waals surface area contributed by atoms with Crippen molar-refractivity contribution >= 4 is 45.8 Å². The lowest BCUT2D eigenvalue weighted by Gasteiger charge is -2.20. The van der Waals surface area contributed by atoms with Crippen molar-refractivity contribution in [2.24, 2.45) is 10.1 Å². The lowest BCUT2D eigenvalue weighted by atomic mass is 10.1. The van der Waals surface area contributed by atoms with E-state index in [1.807, 2.05) is 12.1 Å². The molecule has 172 valence electrons. The highest BCUT2D eigenvalue weighted by atomic mass is 32.2. The average Bonchev–Trinajstić information content (AvgIpc) is 3.32. The third kappa shape index (κ3) is 4.46. The van der Waals surface area contributed by atoms with Gasteiger partial charge in [-0.15, -0.1) is 0 Å².